The van der Waals surface area contributed by atoms with Crippen molar-refractivity contribution in [3.05, 3.63) is 41.7 Å². The van der Waals surface area contributed by atoms with Crippen LogP contribution >= 0.6 is 11.8 Å². The second-order valence-electron chi connectivity index (χ2n) is 5.20. The summed E-state index contributed by atoms with van der Waals surface area (Å²) in [5, 5.41) is 0. The maximum Gasteiger partial charge on any atom is 0.223 e. The molecule has 1 aliphatic carbocycles. The average molecular weight is 304 g/mol. The fourth-order valence-electron chi connectivity index (χ4n) is 2.59. The molecule has 1 aromatic heterocycles. The molecule has 110 valence electrons. The van der Waals surface area contributed by atoms with Gasteiger partial charge in [0.2, 0.25) is 5.95 Å². The van der Waals surface area contributed by atoms with E-state index in [0.717, 1.165) is 23.6 Å². The van der Waals surface area contributed by atoms with Gasteiger partial charge in [-0.25, -0.2) is 9.37 Å². The number of nitrogen functional groups attached to an aromatic ring is 1. The van der Waals surface area contributed by atoms with Crippen LogP contribution in [0.15, 0.2) is 29.2 Å². The van der Waals surface area contributed by atoms with Crippen molar-refractivity contribution >= 4 is 17.7 Å². The lowest BCUT2D eigenvalue weighted by molar-refractivity contribution is 0.624. The maximum absolute atomic E-state index is 13.2. The van der Waals surface area contributed by atoms with Crippen LogP contribution in [0.4, 0.5) is 10.3 Å². The van der Waals surface area contributed by atoms with Crippen LogP contribution in [-0.2, 0) is 5.75 Å². The molecule has 4 nitrogen and oxygen atoms in total. The van der Waals surface area contributed by atoms with E-state index >= 15 is 0 Å². The van der Waals surface area contributed by atoms with Crippen LogP contribution in [0.1, 0.15) is 43.3 Å². The van der Waals surface area contributed by atoms with Crippen molar-refractivity contribution in [1.29, 1.82) is 0 Å². The highest BCUT2D eigenvalue weighted by Crippen LogP contribution is 2.32. The Labute approximate surface area is 127 Å². The van der Waals surface area contributed by atoms with Gasteiger partial charge in [0.25, 0.3) is 0 Å². The fourth-order valence-corrected chi connectivity index (χ4v) is 3.39. The summed E-state index contributed by atoms with van der Waals surface area (Å²) in [6.07, 6.45) is 4.70. The van der Waals surface area contributed by atoms with E-state index in [1.165, 1.54) is 36.7 Å². The number of anilines is 1. The van der Waals surface area contributed by atoms with Crippen molar-refractivity contribution < 1.29 is 4.39 Å². The lowest BCUT2D eigenvalue weighted by Gasteiger charge is -2.09. The lowest BCUT2D eigenvalue weighted by Crippen LogP contribution is -2.09. The highest BCUT2D eigenvalue weighted by atomic mass is 32.2. The minimum Gasteiger partial charge on any atom is -0.368 e. The summed E-state index contributed by atoms with van der Waals surface area (Å²) < 4.78 is 13.2. The first-order valence-corrected chi connectivity index (χ1v) is 8.08. The number of hydrogen-bond donors (Lipinski definition) is 1. The molecular weight excluding hydrogens is 287 g/mol. The van der Waals surface area contributed by atoms with Gasteiger partial charge in [-0.1, -0.05) is 18.9 Å². The maximum atomic E-state index is 13.2. The van der Waals surface area contributed by atoms with Crippen molar-refractivity contribution in [3.8, 4) is 0 Å². The number of nitrogens with two attached hydrogens (primary N) is 1. The third-order valence-corrected chi connectivity index (χ3v) is 4.59. The molecule has 0 amide bonds. The molecule has 0 bridgehead atoms. The Morgan fingerprint density at radius 1 is 1.19 bits per heavy atom. The first-order chi connectivity index (χ1) is 10.2. The Morgan fingerprint density at radius 3 is 2.76 bits per heavy atom. The van der Waals surface area contributed by atoms with Gasteiger partial charge in [0.1, 0.15) is 17.5 Å². The van der Waals surface area contributed by atoms with Crippen LogP contribution in [0, 0.1) is 5.82 Å². The van der Waals surface area contributed by atoms with Crippen molar-refractivity contribution in [2.24, 2.45) is 0 Å². The second-order valence-corrected chi connectivity index (χ2v) is 6.24. The molecule has 6 heteroatoms. The molecule has 1 saturated carbocycles. The standard InChI is InChI=1S/C15H17FN4S/c16-11-6-3-7-12(8-11)21-9-13-18-14(20-15(17)19-13)10-4-1-2-5-10/h3,6-8,10H,1-2,4-5,9H2,(H2,17,18,19,20). The number of rotatable bonds is 4. The van der Waals surface area contributed by atoms with E-state index in [1.54, 1.807) is 6.07 Å². The van der Waals surface area contributed by atoms with E-state index in [0.29, 0.717) is 17.5 Å². The quantitative estimate of drug-likeness (QED) is 0.875. The van der Waals surface area contributed by atoms with Gasteiger partial charge in [-0.15, -0.1) is 11.8 Å². The molecule has 1 fully saturated rings. The molecule has 0 unspecified atom stereocenters. The highest BCUT2D eigenvalue weighted by molar-refractivity contribution is 7.98. The Bertz CT molecular complexity index is 629. The van der Waals surface area contributed by atoms with Gasteiger partial charge in [-0.2, -0.15) is 9.97 Å². The van der Waals surface area contributed by atoms with Gasteiger partial charge in [0.15, 0.2) is 0 Å². The molecule has 1 aromatic carbocycles. The summed E-state index contributed by atoms with van der Waals surface area (Å²) in [5.74, 6) is 2.50. The first kappa shape index (κ1) is 14.3. The predicted octanol–water partition coefficient (Wildman–Crippen LogP) is 3.54. The van der Waals surface area contributed by atoms with Gasteiger partial charge in [-0.05, 0) is 31.0 Å². The Hall–Kier alpha value is -1.69. The SMILES string of the molecule is Nc1nc(CSc2cccc(F)c2)nc(C2CCCC2)n1. The normalized spacial score (nSPS) is 15.5. The van der Waals surface area contributed by atoms with Crippen LogP contribution in [-0.4, -0.2) is 15.0 Å². The van der Waals surface area contributed by atoms with E-state index in [2.05, 4.69) is 15.0 Å². The molecule has 0 aliphatic heterocycles. The summed E-state index contributed by atoms with van der Waals surface area (Å²) in [7, 11) is 0. The lowest BCUT2D eigenvalue weighted by atomic mass is 10.1. The van der Waals surface area contributed by atoms with Gasteiger partial charge in [-0.3, -0.25) is 0 Å². The Kier molecular flexibility index (Phi) is 4.34. The summed E-state index contributed by atoms with van der Waals surface area (Å²) >= 11 is 1.50. The zero-order valence-electron chi connectivity index (χ0n) is 11.6. The fraction of sp³-hybridized carbons (Fsp3) is 0.400. The number of hydrogen-bond acceptors (Lipinski definition) is 5. The first-order valence-electron chi connectivity index (χ1n) is 7.09. The van der Waals surface area contributed by atoms with Crippen LogP contribution in [0.5, 0.6) is 0 Å². The predicted molar refractivity (Wildman–Crippen MR) is 81.4 cm³/mol. The molecule has 2 N–H and O–H groups in total. The van der Waals surface area contributed by atoms with Crippen LogP contribution in [0.3, 0.4) is 0 Å². The van der Waals surface area contributed by atoms with Crippen molar-refractivity contribution in [1.82, 2.24) is 15.0 Å². The summed E-state index contributed by atoms with van der Waals surface area (Å²) in [6.45, 7) is 0. The zero-order valence-corrected chi connectivity index (χ0v) is 12.4. The molecule has 21 heavy (non-hydrogen) atoms. The minimum atomic E-state index is -0.234. The minimum absolute atomic E-state index is 0.234. The van der Waals surface area contributed by atoms with Gasteiger partial charge in [0, 0.05) is 10.8 Å². The van der Waals surface area contributed by atoms with Gasteiger partial charge in [0.05, 0.1) is 5.75 Å². The summed E-state index contributed by atoms with van der Waals surface area (Å²) in [5.41, 5.74) is 5.79. The van der Waals surface area contributed by atoms with Gasteiger partial charge >= 0.3 is 0 Å². The molecule has 3 rings (SSSR count). The van der Waals surface area contributed by atoms with E-state index in [1.807, 2.05) is 6.07 Å². The molecule has 0 spiro atoms. The Morgan fingerprint density at radius 2 is 2.00 bits per heavy atom. The zero-order chi connectivity index (χ0) is 14.7. The summed E-state index contributed by atoms with van der Waals surface area (Å²) in [4.78, 5) is 13.8. The van der Waals surface area contributed by atoms with E-state index in [9.17, 15) is 4.39 Å². The van der Waals surface area contributed by atoms with Crippen molar-refractivity contribution in [3.63, 3.8) is 0 Å². The molecule has 0 radical (unpaired) electrons. The van der Waals surface area contributed by atoms with E-state index in [-0.39, 0.29) is 11.8 Å². The smallest absolute Gasteiger partial charge is 0.223 e. The molecule has 1 aliphatic rings. The van der Waals surface area contributed by atoms with E-state index < -0.39 is 0 Å². The topological polar surface area (TPSA) is 64.7 Å². The third kappa shape index (κ3) is 3.69. The molecular formula is C15H17FN4S. The van der Waals surface area contributed by atoms with E-state index in [4.69, 9.17) is 5.73 Å². The highest BCUT2D eigenvalue weighted by Gasteiger charge is 2.21. The number of aromatic nitrogens is 3. The van der Waals surface area contributed by atoms with Crippen LogP contribution in [0.2, 0.25) is 0 Å². The summed E-state index contributed by atoms with van der Waals surface area (Å²) in [6, 6.07) is 6.51. The second kappa shape index (κ2) is 6.39. The van der Waals surface area contributed by atoms with Crippen molar-refractivity contribution in [2.45, 2.75) is 42.2 Å². The number of thioether (sulfide) groups is 1. The third-order valence-electron chi connectivity index (χ3n) is 3.60. The molecule has 0 atom stereocenters. The average Bonchev–Trinajstić information content (AvgIpc) is 2.99. The van der Waals surface area contributed by atoms with Crippen LogP contribution < -0.4 is 5.73 Å². The molecule has 1 heterocycles. The number of nitrogens with zero attached hydrogens (tertiary/aromatic N) is 3. The largest absolute Gasteiger partial charge is 0.368 e. The molecule has 0 saturated heterocycles. The number of halogens is 1. The van der Waals surface area contributed by atoms with Crippen LogP contribution in [0.25, 0.3) is 0 Å². The Balaban J connectivity index is 1.72. The number of benzene rings is 1. The van der Waals surface area contributed by atoms with Gasteiger partial charge < -0.3 is 5.73 Å². The van der Waals surface area contributed by atoms with Crippen molar-refractivity contribution in [2.75, 3.05) is 5.73 Å². The molecule has 2 aromatic rings. The monoisotopic (exact) mass is 304 g/mol.